The summed E-state index contributed by atoms with van der Waals surface area (Å²) in [6, 6.07) is 13.2. The lowest BCUT2D eigenvalue weighted by Crippen LogP contribution is -2.37. The first kappa shape index (κ1) is 16.8. The van der Waals surface area contributed by atoms with E-state index in [0.717, 1.165) is 4.47 Å². The van der Waals surface area contributed by atoms with Gasteiger partial charge in [-0.05, 0) is 52.3 Å². The molecule has 0 spiro atoms. The number of hydrogen-bond acceptors (Lipinski definition) is 4. The maximum absolute atomic E-state index is 11.7. The van der Waals surface area contributed by atoms with E-state index in [1.54, 1.807) is 49.6 Å². The van der Waals surface area contributed by atoms with E-state index in [1.807, 2.05) is 6.07 Å². The molecule has 0 heterocycles. The van der Waals surface area contributed by atoms with E-state index in [2.05, 4.69) is 26.6 Å². The number of imide groups is 1. The number of carbonyl (C=O) groups excluding carboxylic acids is 2. The molecule has 3 amide bonds. The number of halogens is 1. The van der Waals surface area contributed by atoms with Crippen LogP contribution in [0.2, 0.25) is 0 Å². The molecule has 0 unspecified atom stereocenters. The smallest absolute Gasteiger partial charge is 0.325 e. The van der Waals surface area contributed by atoms with Crippen molar-refractivity contribution in [2.75, 3.05) is 19.0 Å². The maximum Gasteiger partial charge on any atom is 0.325 e. The fraction of sp³-hybridized carbons (Fsp3) is 0.125. The lowest BCUT2D eigenvalue weighted by Gasteiger charge is -2.09. The molecule has 0 aromatic heterocycles. The van der Waals surface area contributed by atoms with Crippen molar-refractivity contribution in [1.82, 2.24) is 5.32 Å². The summed E-state index contributed by atoms with van der Waals surface area (Å²) in [4.78, 5) is 23.4. The third kappa shape index (κ3) is 5.30. The molecule has 2 rings (SSSR count). The fourth-order valence-corrected chi connectivity index (χ4v) is 2.10. The molecule has 0 atom stereocenters. The monoisotopic (exact) mass is 378 g/mol. The van der Waals surface area contributed by atoms with Crippen LogP contribution >= 0.6 is 15.9 Å². The Morgan fingerprint density at radius 1 is 1.09 bits per heavy atom. The van der Waals surface area contributed by atoms with Gasteiger partial charge < -0.3 is 14.8 Å². The topological polar surface area (TPSA) is 76.7 Å². The molecule has 2 N–H and O–H groups in total. The Labute approximate surface area is 141 Å². The minimum Gasteiger partial charge on any atom is -0.497 e. The van der Waals surface area contributed by atoms with Gasteiger partial charge in [0, 0.05) is 5.69 Å². The highest BCUT2D eigenvalue weighted by Crippen LogP contribution is 2.23. The van der Waals surface area contributed by atoms with Gasteiger partial charge in [-0.3, -0.25) is 10.1 Å². The van der Waals surface area contributed by atoms with Gasteiger partial charge in [-0.15, -0.1) is 0 Å². The van der Waals surface area contributed by atoms with Crippen LogP contribution in [0.1, 0.15) is 0 Å². The number of benzene rings is 2. The van der Waals surface area contributed by atoms with Crippen molar-refractivity contribution in [3.63, 3.8) is 0 Å². The summed E-state index contributed by atoms with van der Waals surface area (Å²) < 4.78 is 11.1. The molecule has 120 valence electrons. The van der Waals surface area contributed by atoms with Crippen molar-refractivity contribution < 1.29 is 19.1 Å². The highest BCUT2D eigenvalue weighted by Gasteiger charge is 2.09. The summed E-state index contributed by atoms with van der Waals surface area (Å²) in [5.74, 6) is 0.652. The number of methoxy groups -OCH3 is 1. The predicted molar refractivity (Wildman–Crippen MR) is 89.8 cm³/mol. The summed E-state index contributed by atoms with van der Waals surface area (Å²) in [5, 5.41) is 4.73. The van der Waals surface area contributed by atoms with Crippen LogP contribution in [0.5, 0.6) is 11.5 Å². The third-order valence-electron chi connectivity index (χ3n) is 2.80. The van der Waals surface area contributed by atoms with Crippen LogP contribution in [-0.2, 0) is 4.79 Å². The van der Waals surface area contributed by atoms with Crippen LogP contribution in [0, 0.1) is 0 Å². The number of para-hydroxylation sites is 1. The molecule has 0 saturated heterocycles. The molecule has 6 nitrogen and oxygen atoms in total. The molecule has 0 aliphatic heterocycles. The van der Waals surface area contributed by atoms with Gasteiger partial charge >= 0.3 is 6.03 Å². The second-order valence-electron chi connectivity index (χ2n) is 4.45. The summed E-state index contributed by atoms with van der Waals surface area (Å²) in [5.41, 5.74) is 0.544. The standard InChI is InChI=1S/C16H15BrN2O4/c1-22-12-8-6-11(7-9-12)18-16(21)19-15(20)10-23-14-5-3-2-4-13(14)17/h2-9H,10H2,1H3,(H2,18,19,20,21). The molecule has 0 fully saturated rings. The zero-order valence-electron chi connectivity index (χ0n) is 12.3. The van der Waals surface area contributed by atoms with Crippen LogP contribution in [-0.4, -0.2) is 25.7 Å². The summed E-state index contributed by atoms with van der Waals surface area (Å²) >= 11 is 3.31. The Morgan fingerprint density at radius 2 is 1.78 bits per heavy atom. The Hall–Kier alpha value is -2.54. The number of carbonyl (C=O) groups is 2. The van der Waals surface area contributed by atoms with Crippen LogP contribution in [0.15, 0.2) is 53.0 Å². The predicted octanol–water partition coefficient (Wildman–Crippen LogP) is 3.18. The first-order valence-electron chi connectivity index (χ1n) is 6.70. The lowest BCUT2D eigenvalue weighted by atomic mass is 10.3. The van der Waals surface area contributed by atoms with Crippen LogP contribution in [0.4, 0.5) is 10.5 Å². The third-order valence-corrected chi connectivity index (χ3v) is 3.45. The Kier molecular flexibility index (Phi) is 5.99. The van der Waals surface area contributed by atoms with Gasteiger partial charge in [0.15, 0.2) is 6.61 Å². The normalized spacial score (nSPS) is 9.83. The average molecular weight is 379 g/mol. The average Bonchev–Trinajstić information content (AvgIpc) is 2.54. The molecule has 0 radical (unpaired) electrons. The second kappa shape index (κ2) is 8.19. The zero-order chi connectivity index (χ0) is 16.7. The molecule has 0 aliphatic rings. The van der Waals surface area contributed by atoms with Gasteiger partial charge in [-0.2, -0.15) is 0 Å². The van der Waals surface area contributed by atoms with Crippen LogP contribution in [0.3, 0.4) is 0 Å². The number of nitrogens with one attached hydrogen (secondary N) is 2. The largest absolute Gasteiger partial charge is 0.497 e. The number of rotatable bonds is 5. The maximum atomic E-state index is 11.7. The molecule has 0 bridgehead atoms. The van der Waals surface area contributed by atoms with Crippen molar-refractivity contribution in [1.29, 1.82) is 0 Å². The molecular formula is C16H15BrN2O4. The van der Waals surface area contributed by atoms with Gasteiger partial charge in [0.05, 0.1) is 11.6 Å². The highest BCUT2D eigenvalue weighted by atomic mass is 79.9. The minimum absolute atomic E-state index is 0.265. The van der Waals surface area contributed by atoms with E-state index >= 15 is 0 Å². The quantitative estimate of drug-likeness (QED) is 0.837. The molecule has 23 heavy (non-hydrogen) atoms. The first-order valence-corrected chi connectivity index (χ1v) is 7.50. The van der Waals surface area contributed by atoms with E-state index in [-0.39, 0.29) is 6.61 Å². The molecule has 0 aliphatic carbocycles. The zero-order valence-corrected chi connectivity index (χ0v) is 13.9. The number of amides is 3. The van der Waals surface area contributed by atoms with Crippen molar-refractivity contribution in [3.8, 4) is 11.5 Å². The van der Waals surface area contributed by atoms with Crippen molar-refractivity contribution >= 4 is 33.6 Å². The van der Waals surface area contributed by atoms with Gasteiger partial charge in [0.25, 0.3) is 5.91 Å². The number of ether oxygens (including phenoxy) is 2. The van der Waals surface area contributed by atoms with Gasteiger partial charge in [-0.1, -0.05) is 12.1 Å². The van der Waals surface area contributed by atoms with E-state index in [9.17, 15) is 9.59 Å². The fourth-order valence-electron chi connectivity index (χ4n) is 1.70. The Balaban J connectivity index is 1.80. The van der Waals surface area contributed by atoms with Crippen molar-refractivity contribution in [2.45, 2.75) is 0 Å². The van der Waals surface area contributed by atoms with Crippen LogP contribution < -0.4 is 20.1 Å². The van der Waals surface area contributed by atoms with Gasteiger partial charge in [0.1, 0.15) is 11.5 Å². The number of urea groups is 1. The van der Waals surface area contributed by atoms with E-state index < -0.39 is 11.9 Å². The Morgan fingerprint density at radius 3 is 2.43 bits per heavy atom. The molecule has 2 aromatic carbocycles. The molecular weight excluding hydrogens is 364 g/mol. The molecule has 7 heteroatoms. The Bertz CT molecular complexity index is 689. The lowest BCUT2D eigenvalue weighted by molar-refractivity contribution is -0.121. The summed E-state index contributed by atoms with van der Waals surface area (Å²) in [7, 11) is 1.55. The summed E-state index contributed by atoms with van der Waals surface area (Å²) in [6.07, 6.45) is 0. The van der Waals surface area contributed by atoms with Gasteiger partial charge in [0.2, 0.25) is 0 Å². The van der Waals surface area contributed by atoms with E-state index in [1.165, 1.54) is 0 Å². The van der Waals surface area contributed by atoms with Crippen molar-refractivity contribution in [2.24, 2.45) is 0 Å². The number of anilines is 1. The summed E-state index contributed by atoms with van der Waals surface area (Å²) in [6.45, 7) is -0.265. The van der Waals surface area contributed by atoms with E-state index in [0.29, 0.717) is 17.2 Å². The highest BCUT2D eigenvalue weighted by molar-refractivity contribution is 9.10. The van der Waals surface area contributed by atoms with E-state index in [4.69, 9.17) is 9.47 Å². The first-order chi connectivity index (χ1) is 11.1. The molecule has 0 saturated carbocycles. The molecule has 2 aromatic rings. The SMILES string of the molecule is COc1ccc(NC(=O)NC(=O)COc2ccccc2Br)cc1. The van der Waals surface area contributed by atoms with Crippen molar-refractivity contribution in [3.05, 3.63) is 53.0 Å². The number of hydrogen-bond donors (Lipinski definition) is 2. The van der Waals surface area contributed by atoms with Gasteiger partial charge in [-0.25, -0.2) is 4.79 Å². The second-order valence-corrected chi connectivity index (χ2v) is 5.30. The minimum atomic E-state index is -0.629. The van der Waals surface area contributed by atoms with Crippen LogP contribution in [0.25, 0.3) is 0 Å².